The van der Waals surface area contributed by atoms with E-state index in [2.05, 4.69) is 10.2 Å². The lowest BCUT2D eigenvalue weighted by molar-refractivity contribution is -0.140. The molecule has 0 bridgehead atoms. The molecule has 4 aromatic rings. The highest BCUT2D eigenvalue weighted by atomic mass is 35.5. The number of ether oxygens (including phenoxy) is 2. The molecule has 2 aromatic heterocycles. The average Bonchev–Trinajstić information content (AvgIpc) is 3.44. The predicted molar refractivity (Wildman–Crippen MR) is 208 cm³/mol. The third-order valence-electron chi connectivity index (χ3n) is 7.77. The number of carboxylic acids is 1. The van der Waals surface area contributed by atoms with Gasteiger partial charge in [-0.3, -0.25) is 8.87 Å². The fourth-order valence-electron chi connectivity index (χ4n) is 5.41. The molecule has 1 atom stereocenters. The van der Waals surface area contributed by atoms with Crippen LogP contribution in [0.5, 0.6) is 0 Å². The minimum absolute atomic E-state index is 0.0522. The fourth-order valence-corrected chi connectivity index (χ4v) is 7.92. The number of nitrogens with zero attached hydrogens (tertiary/aromatic N) is 6. The van der Waals surface area contributed by atoms with Crippen molar-refractivity contribution < 1.29 is 37.4 Å². The molecule has 0 aliphatic rings. The number of anilines is 2. The van der Waals surface area contributed by atoms with Crippen molar-refractivity contribution in [3.05, 3.63) is 70.8 Å². The van der Waals surface area contributed by atoms with Crippen molar-refractivity contribution in [2.45, 2.75) is 84.5 Å². The van der Waals surface area contributed by atoms with Crippen LogP contribution >= 0.6 is 23.2 Å². The first-order chi connectivity index (χ1) is 24.8. The zero-order chi connectivity index (χ0) is 40.6. The molecule has 17 heteroatoms. The summed E-state index contributed by atoms with van der Waals surface area (Å²) >= 11 is 12.3. The summed E-state index contributed by atoms with van der Waals surface area (Å²) in [5, 5.41) is 19.9. The van der Waals surface area contributed by atoms with E-state index in [0.29, 0.717) is 22.5 Å². The standard InChI is InChI=1S/C37H46Cl2N6O8S/c1-35(2,3)31(32(46)47)45(54(50,51)27-21-24(38)20-25(39)22-27)26-11-12-28-23(19-26)15-16-43(28)30-14-13-29(40-41-30)42(10)17-18-44(33(48)52-36(4,5)6)34(49)53-37(7,8)9/h11-16,19-22,31H,17-18H2,1-10H3,(H,46,47). The van der Waals surface area contributed by atoms with E-state index in [9.17, 15) is 27.9 Å². The third kappa shape index (κ3) is 10.1. The Morgan fingerprint density at radius 3 is 1.87 bits per heavy atom. The van der Waals surface area contributed by atoms with Crippen LogP contribution in [0.3, 0.4) is 0 Å². The maximum Gasteiger partial charge on any atom is 0.419 e. The summed E-state index contributed by atoms with van der Waals surface area (Å²) in [6, 6.07) is 12.3. The number of benzene rings is 2. The third-order valence-corrected chi connectivity index (χ3v) is 9.98. The molecule has 0 aliphatic heterocycles. The van der Waals surface area contributed by atoms with E-state index in [1.807, 2.05) is 0 Å². The number of carbonyl (C=O) groups excluding carboxylic acids is 2. The molecule has 14 nitrogen and oxygen atoms in total. The number of carboxylic acid groups (broad SMARTS) is 1. The molecule has 0 saturated heterocycles. The largest absolute Gasteiger partial charge is 0.480 e. The van der Waals surface area contributed by atoms with Crippen molar-refractivity contribution in [3.8, 4) is 5.82 Å². The average molecular weight is 806 g/mol. The van der Waals surface area contributed by atoms with Gasteiger partial charge in [0.1, 0.15) is 17.2 Å². The first kappa shape index (κ1) is 42.1. The number of halogens is 2. The molecule has 0 radical (unpaired) electrons. The molecule has 292 valence electrons. The molecule has 0 saturated carbocycles. The number of hydrogen-bond donors (Lipinski definition) is 1. The van der Waals surface area contributed by atoms with Gasteiger partial charge in [0, 0.05) is 35.2 Å². The van der Waals surface area contributed by atoms with Crippen LogP contribution < -0.4 is 9.21 Å². The number of carbonyl (C=O) groups is 3. The van der Waals surface area contributed by atoms with Crippen molar-refractivity contribution in [2.75, 3.05) is 29.3 Å². The first-order valence-electron chi connectivity index (χ1n) is 16.9. The molecular formula is C37H46Cl2N6O8S. The zero-order valence-corrected chi connectivity index (χ0v) is 34.2. The van der Waals surface area contributed by atoms with Crippen molar-refractivity contribution in [3.63, 3.8) is 0 Å². The highest BCUT2D eigenvalue weighted by molar-refractivity contribution is 7.93. The summed E-state index contributed by atoms with van der Waals surface area (Å²) in [5.41, 5.74) is -1.93. The number of amides is 2. The van der Waals surface area contributed by atoms with E-state index in [-0.39, 0.29) is 33.7 Å². The lowest BCUT2D eigenvalue weighted by atomic mass is 9.86. The van der Waals surface area contributed by atoms with Gasteiger partial charge in [0.05, 0.1) is 22.6 Å². The number of fused-ring (bicyclic) bond motifs is 1. The molecule has 2 heterocycles. The van der Waals surface area contributed by atoms with Crippen LogP contribution in [0.25, 0.3) is 16.7 Å². The van der Waals surface area contributed by atoms with E-state index in [4.69, 9.17) is 32.7 Å². The molecule has 0 spiro atoms. The van der Waals surface area contributed by atoms with Gasteiger partial charge in [0.2, 0.25) is 0 Å². The lowest BCUT2D eigenvalue weighted by Gasteiger charge is -2.37. The van der Waals surface area contributed by atoms with Crippen molar-refractivity contribution in [2.24, 2.45) is 5.41 Å². The van der Waals surface area contributed by atoms with Crippen LogP contribution in [-0.2, 0) is 24.3 Å². The van der Waals surface area contributed by atoms with Gasteiger partial charge in [-0.05, 0) is 102 Å². The summed E-state index contributed by atoms with van der Waals surface area (Å²) < 4.78 is 41.9. The SMILES string of the molecule is CN(CCN(C(=O)OC(C)(C)C)C(=O)OC(C)(C)C)c1ccc(-n2ccc3cc(N(C(C(=O)O)C(C)(C)C)S(=O)(=O)c4cc(Cl)cc(Cl)c4)ccc32)nn1. The minimum atomic E-state index is -4.49. The zero-order valence-electron chi connectivity index (χ0n) is 31.9. The topological polar surface area (TPSA) is 164 Å². The fraction of sp³-hybridized carbons (Fsp3) is 0.432. The number of rotatable bonds is 10. The van der Waals surface area contributed by atoms with Crippen LogP contribution in [0, 0.1) is 5.41 Å². The van der Waals surface area contributed by atoms with Gasteiger partial charge >= 0.3 is 18.2 Å². The monoisotopic (exact) mass is 804 g/mol. The minimum Gasteiger partial charge on any atom is -0.480 e. The maximum atomic E-state index is 14.2. The Morgan fingerprint density at radius 2 is 1.39 bits per heavy atom. The van der Waals surface area contributed by atoms with Crippen molar-refractivity contribution >= 4 is 73.8 Å². The van der Waals surface area contributed by atoms with Gasteiger partial charge < -0.3 is 19.5 Å². The Morgan fingerprint density at radius 1 is 0.815 bits per heavy atom. The number of aliphatic carboxylic acids is 1. The van der Waals surface area contributed by atoms with Gasteiger partial charge in [-0.15, -0.1) is 10.2 Å². The Hall–Kier alpha value is -4.60. The predicted octanol–water partition coefficient (Wildman–Crippen LogP) is 8.03. The molecule has 2 amide bonds. The number of hydrogen-bond acceptors (Lipinski definition) is 10. The molecule has 1 unspecified atom stereocenters. The van der Waals surface area contributed by atoms with Crippen LogP contribution in [0.4, 0.5) is 21.1 Å². The summed E-state index contributed by atoms with van der Waals surface area (Å²) in [5.74, 6) is -0.440. The molecule has 0 aliphatic carbocycles. The molecular weight excluding hydrogens is 759 g/mol. The lowest BCUT2D eigenvalue weighted by Crippen LogP contribution is -2.52. The van der Waals surface area contributed by atoms with Gasteiger partial charge in [-0.2, -0.15) is 0 Å². The second-order valence-electron chi connectivity index (χ2n) is 15.7. The van der Waals surface area contributed by atoms with Gasteiger partial charge in [0.25, 0.3) is 10.0 Å². The van der Waals surface area contributed by atoms with Crippen LogP contribution in [0.2, 0.25) is 10.0 Å². The highest BCUT2D eigenvalue weighted by Crippen LogP contribution is 2.37. The molecule has 0 fully saturated rings. The second kappa shape index (κ2) is 15.6. The van der Waals surface area contributed by atoms with E-state index in [0.717, 1.165) is 9.21 Å². The Bertz CT molecular complexity index is 2090. The van der Waals surface area contributed by atoms with Crippen LogP contribution in [0.15, 0.2) is 65.7 Å². The molecule has 54 heavy (non-hydrogen) atoms. The van der Waals surface area contributed by atoms with Crippen molar-refractivity contribution in [1.82, 2.24) is 19.7 Å². The van der Waals surface area contributed by atoms with Gasteiger partial charge in [-0.1, -0.05) is 44.0 Å². The smallest absolute Gasteiger partial charge is 0.419 e. The van der Waals surface area contributed by atoms with E-state index in [1.54, 1.807) is 115 Å². The molecule has 2 aromatic carbocycles. The number of sulfonamides is 1. The summed E-state index contributed by atoms with van der Waals surface area (Å²) in [6.07, 6.45) is 0.0662. The normalized spacial score (nSPS) is 13.0. The van der Waals surface area contributed by atoms with Gasteiger partial charge in [0.15, 0.2) is 11.6 Å². The maximum absolute atomic E-state index is 14.2. The summed E-state index contributed by atoms with van der Waals surface area (Å²) in [6.45, 7) is 15.3. The first-order valence-corrected chi connectivity index (χ1v) is 19.1. The van der Waals surface area contributed by atoms with E-state index >= 15 is 0 Å². The van der Waals surface area contributed by atoms with E-state index in [1.165, 1.54) is 24.3 Å². The highest BCUT2D eigenvalue weighted by Gasteiger charge is 2.44. The quantitative estimate of drug-likeness (QED) is 0.165. The van der Waals surface area contributed by atoms with Crippen LogP contribution in [0.1, 0.15) is 62.3 Å². The molecule has 1 N–H and O–H groups in total. The van der Waals surface area contributed by atoms with E-state index < -0.39 is 50.8 Å². The Kier molecular flexibility index (Phi) is 12.2. The van der Waals surface area contributed by atoms with Crippen molar-refractivity contribution in [1.29, 1.82) is 0 Å². The number of imide groups is 1. The Balaban J connectivity index is 1.63. The summed E-state index contributed by atoms with van der Waals surface area (Å²) in [4.78, 5) is 40.9. The van der Waals surface area contributed by atoms with Crippen LogP contribution in [-0.4, -0.2) is 88.7 Å². The molecule has 4 rings (SSSR count). The second-order valence-corrected chi connectivity index (χ2v) is 18.4. The van der Waals surface area contributed by atoms with Gasteiger partial charge in [-0.25, -0.2) is 27.7 Å². The summed E-state index contributed by atoms with van der Waals surface area (Å²) in [7, 11) is -2.76. The number of aromatic nitrogens is 3. The Labute approximate surface area is 325 Å². The number of likely N-dealkylation sites (N-methyl/N-ethyl adjacent to an activating group) is 1.